The Kier molecular flexibility index (Phi) is 6.55. The van der Waals surface area contributed by atoms with Gasteiger partial charge in [-0.2, -0.15) is 0 Å². The minimum absolute atomic E-state index is 0.00621. The number of hydrogen-bond acceptors (Lipinski definition) is 2. The summed E-state index contributed by atoms with van der Waals surface area (Å²) in [6.07, 6.45) is 6.83. The largest absolute Gasteiger partial charge is 0.494 e. The number of ether oxygens (including phenoxy) is 1. The maximum Gasteiger partial charge on any atom is 0.251 e. The number of amides is 1. The molecule has 1 aliphatic rings. The van der Waals surface area contributed by atoms with Gasteiger partial charge in [0.05, 0.1) is 6.61 Å². The molecule has 116 valence electrons. The fourth-order valence-electron chi connectivity index (χ4n) is 2.62. The van der Waals surface area contributed by atoms with Crippen molar-refractivity contribution in [2.75, 3.05) is 6.61 Å². The van der Waals surface area contributed by atoms with Gasteiger partial charge in [0.15, 0.2) is 0 Å². The molecule has 1 saturated carbocycles. The van der Waals surface area contributed by atoms with Crippen LogP contribution in [0.2, 0.25) is 0 Å². The first-order chi connectivity index (χ1) is 10.2. The molecule has 0 aliphatic heterocycles. The van der Waals surface area contributed by atoms with Crippen LogP contribution >= 0.6 is 15.9 Å². The predicted octanol–water partition coefficient (Wildman–Crippen LogP) is 4.30. The van der Waals surface area contributed by atoms with Crippen LogP contribution in [0.5, 0.6) is 5.75 Å². The number of carbonyl (C=O) groups is 1. The molecule has 1 amide bonds. The average Bonchev–Trinajstić information content (AvgIpc) is 2.70. The first-order valence-electron chi connectivity index (χ1n) is 7.88. The molecule has 0 heterocycles. The van der Waals surface area contributed by atoms with E-state index in [4.69, 9.17) is 4.74 Å². The van der Waals surface area contributed by atoms with E-state index in [1.807, 2.05) is 24.3 Å². The molecule has 0 bridgehead atoms. The van der Waals surface area contributed by atoms with E-state index in [-0.39, 0.29) is 11.9 Å². The van der Waals surface area contributed by atoms with Crippen LogP contribution in [0.15, 0.2) is 24.3 Å². The smallest absolute Gasteiger partial charge is 0.251 e. The number of hydrogen-bond donors (Lipinski definition) is 1. The van der Waals surface area contributed by atoms with Crippen LogP contribution < -0.4 is 10.1 Å². The number of carbonyl (C=O) groups excluding carboxylic acids is 1. The molecule has 21 heavy (non-hydrogen) atoms. The first-order valence-corrected chi connectivity index (χ1v) is 8.80. The van der Waals surface area contributed by atoms with Gasteiger partial charge in [0.2, 0.25) is 0 Å². The lowest BCUT2D eigenvalue weighted by Crippen LogP contribution is -2.40. The van der Waals surface area contributed by atoms with E-state index in [0.29, 0.717) is 17.0 Å². The van der Waals surface area contributed by atoms with Gasteiger partial charge in [0, 0.05) is 16.4 Å². The lowest BCUT2D eigenvalue weighted by molar-refractivity contribution is 0.0934. The van der Waals surface area contributed by atoms with Crippen molar-refractivity contribution in [3.05, 3.63) is 29.8 Å². The van der Waals surface area contributed by atoms with Crippen LogP contribution in [0.4, 0.5) is 0 Å². The molecule has 0 saturated heterocycles. The molecular formula is C17H24BrNO2. The second kappa shape index (κ2) is 8.42. The van der Waals surface area contributed by atoms with E-state index in [2.05, 4.69) is 28.2 Å². The zero-order valence-electron chi connectivity index (χ0n) is 12.6. The van der Waals surface area contributed by atoms with E-state index in [0.717, 1.165) is 25.0 Å². The highest BCUT2D eigenvalue weighted by atomic mass is 79.9. The second-order valence-electron chi connectivity index (χ2n) is 5.61. The summed E-state index contributed by atoms with van der Waals surface area (Å²) in [7, 11) is 0. The van der Waals surface area contributed by atoms with Crippen molar-refractivity contribution < 1.29 is 9.53 Å². The highest BCUT2D eigenvalue weighted by Gasteiger charge is 2.23. The monoisotopic (exact) mass is 353 g/mol. The van der Waals surface area contributed by atoms with E-state index in [1.54, 1.807) is 0 Å². The maximum absolute atomic E-state index is 12.4. The lowest BCUT2D eigenvalue weighted by atomic mass is 10.1. The summed E-state index contributed by atoms with van der Waals surface area (Å²) in [5, 5.41) is 3.17. The van der Waals surface area contributed by atoms with Crippen molar-refractivity contribution in [1.82, 2.24) is 5.32 Å². The van der Waals surface area contributed by atoms with Gasteiger partial charge in [-0.25, -0.2) is 0 Å². The number of alkyl halides is 1. The van der Waals surface area contributed by atoms with Gasteiger partial charge < -0.3 is 10.1 Å². The number of halogens is 1. The summed E-state index contributed by atoms with van der Waals surface area (Å²) >= 11 is 3.72. The van der Waals surface area contributed by atoms with Gasteiger partial charge in [-0.05, 0) is 37.5 Å². The Morgan fingerprint density at radius 2 is 2.14 bits per heavy atom. The molecule has 2 atom stereocenters. The van der Waals surface area contributed by atoms with Crippen molar-refractivity contribution >= 4 is 21.8 Å². The highest BCUT2D eigenvalue weighted by Crippen LogP contribution is 2.24. The van der Waals surface area contributed by atoms with Crippen molar-refractivity contribution in [2.45, 2.75) is 56.3 Å². The lowest BCUT2D eigenvalue weighted by Gasteiger charge is -2.21. The van der Waals surface area contributed by atoms with E-state index < -0.39 is 0 Å². The van der Waals surface area contributed by atoms with Gasteiger partial charge in [-0.15, -0.1) is 0 Å². The third kappa shape index (κ3) is 5.03. The first kappa shape index (κ1) is 16.3. The fourth-order valence-corrected chi connectivity index (χ4v) is 3.34. The minimum Gasteiger partial charge on any atom is -0.494 e. The van der Waals surface area contributed by atoms with Gasteiger partial charge in [-0.1, -0.05) is 48.2 Å². The molecule has 4 heteroatoms. The molecule has 0 radical (unpaired) electrons. The molecule has 0 spiro atoms. The number of nitrogens with one attached hydrogen (secondary N) is 1. The molecule has 3 nitrogen and oxygen atoms in total. The van der Waals surface area contributed by atoms with Gasteiger partial charge in [0.25, 0.3) is 5.91 Å². The normalized spacial score (nSPS) is 22.4. The quantitative estimate of drug-likeness (QED) is 0.632. The Labute approximate surface area is 135 Å². The average molecular weight is 354 g/mol. The molecule has 1 N–H and O–H groups in total. The zero-order chi connectivity index (χ0) is 15.1. The SMILES string of the molecule is CCCOc1cccc(C(=O)NC2CCCCCC2Br)c1. The van der Waals surface area contributed by atoms with E-state index in [9.17, 15) is 4.79 Å². The summed E-state index contributed by atoms with van der Waals surface area (Å²) in [6, 6.07) is 7.66. The Morgan fingerprint density at radius 1 is 1.33 bits per heavy atom. The molecule has 2 unspecified atom stereocenters. The summed E-state index contributed by atoms with van der Waals surface area (Å²) in [6.45, 7) is 2.75. The van der Waals surface area contributed by atoms with Gasteiger partial charge >= 0.3 is 0 Å². The van der Waals surface area contributed by atoms with E-state index >= 15 is 0 Å². The summed E-state index contributed by atoms with van der Waals surface area (Å²) in [5.41, 5.74) is 0.674. The highest BCUT2D eigenvalue weighted by molar-refractivity contribution is 9.09. The molecule has 1 aliphatic carbocycles. The third-order valence-electron chi connectivity index (χ3n) is 3.82. The molecular weight excluding hydrogens is 330 g/mol. The Hall–Kier alpha value is -1.03. The molecule has 0 aromatic heterocycles. The minimum atomic E-state index is -0.00621. The van der Waals surface area contributed by atoms with E-state index in [1.165, 1.54) is 19.3 Å². The van der Waals surface area contributed by atoms with Crippen molar-refractivity contribution in [3.63, 3.8) is 0 Å². The summed E-state index contributed by atoms with van der Waals surface area (Å²) in [5.74, 6) is 0.758. The van der Waals surface area contributed by atoms with Crippen LogP contribution in [-0.4, -0.2) is 23.4 Å². The number of benzene rings is 1. The Balaban J connectivity index is 1.98. The summed E-state index contributed by atoms with van der Waals surface area (Å²) in [4.78, 5) is 12.8. The van der Waals surface area contributed by atoms with Crippen molar-refractivity contribution in [2.24, 2.45) is 0 Å². The van der Waals surface area contributed by atoms with Gasteiger partial charge in [-0.3, -0.25) is 4.79 Å². The van der Waals surface area contributed by atoms with Crippen LogP contribution in [0.1, 0.15) is 55.8 Å². The number of rotatable bonds is 5. The fraction of sp³-hybridized carbons (Fsp3) is 0.588. The molecule has 1 aromatic rings. The Bertz CT molecular complexity index is 464. The van der Waals surface area contributed by atoms with Crippen LogP contribution in [0.3, 0.4) is 0 Å². The molecule has 1 fully saturated rings. The standard InChI is InChI=1S/C17H24BrNO2/c1-2-11-21-14-8-6-7-13(12-14)17(20)19-16-10-5-3-4-9-15(16)18/h6-8,12,15-16H,2-5,9-11H2,1H3,(H,19,20). The third-order valence-corrected chi connectivity index (χ3v) is 4.91. The van der Waals surface area contributed by atoms with Crippen molar-refractivity contribution in [3.8, 4) is 5.75 Å². The van der Waals surface area contributed by atoms with Crippen molar-refractivity contribution in [1.29, 1.82) is 0 Å². The second-order valence-corrected chi connectivity index (χ2v) is 6.79. The zero-order valence-corrected chi connectivity index (χ0v) is 14.2. The Morgan fingerprint density at radius 3 is 2.95 bits per heavy atom. The van der Waals surface area contributed by atoms with Gasteiger partial charge in [0.1, 0.15) is 5.75 Å². The maximum atomic E-state index is 12.4. The van der Waals surface area contributed by atoms with Crippen LogP contribution in [0.25, 0.3) is 0 Å². The molecule has 1 aromatic carbocycles. The summed E-state index contributed by atoms with van der Waals surface area (Å²) < 4.78 is 5.59. The predicted molar refractivity (Wildman–Crippen MR) is 89.3 cm³/mol. The topological polar surface area (TPSA) is 38.3 Å². The van der Waals surface area contributed by atoms with Crippen LogP contribution in [-0.2, 0) is 0 Å². The molecule has 2 rings (SSSR count). The van der Waals surface area contributed by atoms with Crippen LogP contribution in [0, 0.1) is 0 Å².